The van der Waals surface area contributed by atoms with Gasteiger partial charge in [-0.05, 0) is 129 Å². The number of benzene rings is 3. The van der Waals surface area contributed by atoms with E-state index in [4.69, 9.17) is 28.7 Å². The van der Waals surface area contributed by atoms with E-state index in [1.54, 1.807) is 54.8 Å². The molecule has 0 fully saturated rings. The number of hydrogen-bond acceptors (Lipinski definition) is 14. The SMILES string of the molecule is CCC1C(=O)OCC2=C1CC1c3nc4cc(F)c(C)c5c4c(c3CN1C2=O)[C@@H](NC(=O)OCc1ccc(NC(=O)[C@H](C)NC(=O)[C@@H](NC(=O)COCCOCCOCCNC(=O)CCC(=O)N(CC2=C(C)C=CCC2)c2ccccc2C)C(C)C)cc1)CC5. The van der Waals surface area contributed by atoms with Crippen LogP contribution < -0.4 is 31.5 Å². The fourth-order valence-electron chi connectivity index (χ4n) is 12.3. The molecule has 21 nitrogen and oxygen atoms in total. The van der Waals surface area contributed by atoms with Crippen molar-refractivity contribution in [1.82, 2.24) is 31.2 Å². The molecule has 5 N–H and O–H groups in total. The number of hydrogen-bond donors (Lipinski definition) is 5. The molecular weight excluding hydrogens is 1140 g/mol. The van der Waals surface area contributed by atoms with E-state index in [1.807, 2.05) is 38.1 Å². The third-order valence-corrected chi connectivity index (χ3v) is 17.2. The lowest BCUT2D eigenvalue weighted by Crippen LogP contribution is -2.54. The summed E-state index contributed by atoms with van der Waals surface area (Å²) in [7, 11) is 0. The number of nitrogens with one attached hydrogen (secondary N) is 5. The number of amides is 7. The van der Waals surface area contributed by atoms with Gasteiger partial charge in [-0.25, -0.2) is 9.18 Å². The van der Waals surface area contributed by atoms with Gasteiger partial charge in [-0.1, -0.05) is 68.8 Å². The van der Waals surface area contributed by atoms with Gasteiger partial charge in [-0.15, -0.1) is 0 Å². The van der Waals surface area contributed by atoms with Crippen LogP contribution in [-0.2, 0) is 76.8 Å². The van der Waals surface area contributed by atoms with Crippen LogP contribution in [0.5, 0.6) is 0 Å². The molecule has 0 radical (unpaired) electrons. The summed E-state index contributed by atoms with van der Waals surface area (Å²) in [6, 6.07) is 12.9. The minimum absolute atomic E-state index is 0.0535. The number of cyclic esters (lactones) is 1. The quantitative estimate of drug-likeness (QED) is 0.0282. The predicted molar refractivity (Wildman–Crippen MR) is 329 cm³/mol. The molecule has 1 aromatic heterocycles. The number of aromatic nitrogens is 1. The van der Waals surface area contributed by atoms with E-state index in [-0.39, 0.29) is 114 Å². The monoisotopic (exact) mass is 1220 g/mol. The predicted octanol–water partition coefficient (Wildman–Crippen LogP) is 7.80. The molecule has 0 saturated heterocycles. The van der Waals surface area contributed by atoms with Crippen LogP contribution >= 0.6 is 0 Å². The van der Waals surface area contributed by atoms with E-state index in [2.05, 4.69) is 45.7 Å². The molecule has 2 unspecified atom stereocenters. The molecule has 3 aliphatic heterocycles. The normalized spacial score (nSPS) is 18.2. The molecule has 474 valence electrons. The summed E-state index contributed by atoms with van der Waals surface area (Å²) in [5.74, 6) is -3.75. The van der Waals surface area contributed by atoms with Gasteiger partial charge in [-0.3, -0.25) is 38.5 Å². The van der Waals surface area contributed by atoms with Crippen molar-refractivity contribution in [2.24, 2.45) is 11.8 Å². The van der Waals surface area contributed by atoms with Crippen LogP contribution in [0.15, 0.2) is 89.0 Å². The summed E-state index contributed by atoms with van der Waals surface area (Å²) < 4.78 is 43.1. The number of carbonyl (C=O) groups excluding carboxylic acids is 8. The zero-order valence-electron chi connectivity index (χ0n) is 51.8. The highest BCUT2D eigenvalue weighted by molar-refractivity contribution is 6.01. The van der Waals surface area contributed by atoms with E-state index < -0.39 is 53.9 Å². The zero-order chi connectivity index (χ0) is 63.5. The van der Waals surface area contributed by atoms with Crippen molar-refractivity contribution in [3.8, 4) is 0 Å². The van der Waals surface area contributed by atoms with E-state index in [0.29, 0.717) is 65.8 Å². The number of halogens is 1. The zero-order valence-corrected chi connectivity index (χ0v) is 51.8. The number of aryl methyl sites for hydroxylation is 2. The van der Waals surface area contributed by atoms with Crippen molar-refractivity contribution in [1.29, 1.82) is 0 Å². The topological polar surface area (TPSA) is 262 Å². The highest BCUT2D eigenvalue weighted by atomic mass is 19.1. The number of esters is 1. The molecule has 0 spiro atoms. The highest BCUT2D eigenvalue weighted by Crippen LogP contribution is 2.50. The minimum Gasteiger partial charge on any atom is -0.460 e. The second-order valence-corrected chi connectivity index (χ2v) is 23.6. The summed E-state index contributed by atoms with van der Waals surface area (Å²) in [5, 5.41) is 14.7. The largest absolute Gasteiger partial charge is 0.460 e. The first-order chi connectivity index (χ1) is 42.8. The number of nitrogens with zero attached hydrogens (tertiary/aromatic N) is 3. The van der Waals surface area contributed by atoms with Crippen LogP contribution in [0.25, 0.3) is 10.9 Å². The maximum absolute atomic E-state index is 15.4. The van der Waals surface area contributed by atoms with Crippen LogP contribution in [0.2, 0.25) is 0 Å². The van der Waals surface area contributed by atoms with E-state index >= 15 is 4.39 Å². The third-order valence-electron chi connectivity index (χ3n) is 17.2. The van der Waals surface area contributed by atoms with Gasteiger partial charge in [0, 0.05) is 60.9 Å². The molecular formula is C67H81FN8O13. The summed E-state index contributed by atoms with van der Waals surface area (Å²) in [4.78, 5) is 114. The lowest BCUT2D eigenvalue weighted by Gasteiger charge is -2.37. The van der Waals surface area contributed by atoms with Crippen molar-refractivity contribution >= 4 is 69.8 Å². The fourth-order valence-corrected chi connectivity index (χ4v) is 12.3. The van der Waals surface area contributed by atoms with Gasteiger partial charge < -0.3 is 60.1 Å². The first-order valence-electron chi connectivity index (χ1n) is 30.8. The molecule has 3 aromatic carbocycles. The molecule has 4 heterocycles. The Morgan fingerprint density at radius 1 is 0.865 bits per heavy atom. The van der Waals surface area contributed by atoms with Gasteiger partial charge >= 0.3 is 12.1 Å². The minimum atomic E-state index is -0.987. The first-order valence-corrected chi connectivity index (χ1v) is 30.8. The first kappa shape index (κ1) is 65.1. The third kappa shape index (κ3) is 15.6. The van der Waals surface area contributed by atoms with Crippen molar-refractivity contribution in [3.63, 3.8) is 0 Å². The van der Waals surface area contributed by atoms with E-state index in [9.17, 15) is 38.4 Å². The summed E-state index contributed by atoms with van der Waals surface area (Å²) >= 11 is 0. The molecule has 0 saturated carbocycles. The molecule has 5 aliphatic rings. The molecule has 5 atom stereocenters. The number of pyridine rings is 1. The Morgan fingerprint density at radius 2 is 1.61 bits per heavy atom. The van der Waals surface area contributed by atoms with Gasteiger partial charge in [0.05, 0.1) is 67.8 Å². The maximum Gasteiger partial charge on any atom is 0.407 e. The molecule has 22 heteroatoms. The second kappa shape index (κ2) is 29.8. The number of allylic oxidation sites excluding steroid dienone is 3. The van der Waals surface area contributed by atoms with E-state index in [1.165, 1.54) is 24.1 Å². The Balaban J connectivity index is 0.651. The molecule has 2 aliphatic carbocycles. The molecule has 7 amide bonds. The number of alkyl carbamates (subject to hydrolysis) is 1. The lowest BCUT2D eigenvalue weighted by atomic mass is 9.80. The molecule has 9 rings (SSSR count). The Kier molecular flexibility index (Phi) is 21.8. The molecule has 89 heavy (non-hydrogen) atoms. The average Bonchev–Trinajstić information content (AvgIpc) is 1.67. The standard InChI is InChI=1S/C67H81FN8O13/c1-8-46-48-31-55-62-49(34-76(55)65(82)50(48)36-88-66(46)83)60-52(22-21-47-41(6)51(68)32-53(72-62)59(47)60)73-67(84)89-35-43-17-19-45(20-18-43)71-63(80)42(7)70-64(81)61(38(2)3)74-57(78)37-87-30-29-86-28-27-85-26-25-69-56(77)23-24-58(79)75(54-16-12-10-14-40(54)5)33-44-15-11-9-13-39(44)4/h9-10,12-14,16-20,32,38,42,46,52,55,61H,8,11,15,21-31,33-37H2,1-7H3,(H,69,77)(H,70,81)(H,71,80)(H,73,84)(H,74,78)/t42-,46?,52-,55?,61-/m0/s1. The van der Waals surface area contributed by atoms with Crippen LogP contribution in [0.3, 0.4) is 0 Å². The number of fused-ring (bicyclic) bond motifs is 4. The van der Waals surface area contributed by atoms with Gasteiger partial charge in [-0.2, -0.15) is 0 Å². The fraction of sp³-hybridized carbons (Fsp3) is 0.478. The number of rotatable bonds is 27. The van der Waals surface area contributed by atoms with Crippen LogP contribution in [-0.4, -0.2) is 129 Å². The Bertz CT molecular complexity index is 3470. The number of anilines is 2. The molecule has 4 aromatic rings. The smallest absolute Gasteiger partial charge is 0.407 e. The maximum atomic E-state index is 15.4. The van der Waals surface area contributed by atoms with Crippen molar-refractivity contribution in [2.75, 3.05) is 69.6 Å². The number of para-hydroxylation sites is 1. The second-order valence-electron chi connectivity index (χ2n) is 23.6. The van der Waals surface area contributed by atoms with Gasteiger partial charge in [0.15, 0.2) is 0 Å². The summed E-state index contributed by atoms with van der Waals surface area (Å²) in [6.45, 7) is 14.2. The Hall–Kier alpha value is -8.34. The molecule has 0 bridgehead atoms. The van der Waals surface area contributed by atoms with E-state index in [0.717, 1.165) is 51.7 Å². The van der Waals surface area contributed by atoms with Gasteiger partial charge in [0.25, 0.3) is 5.91 Å². The summed E-state index contributed by atoms with van der Waals surface area (Å²) in [6.07, 6.45) is 7.33. The van der Waals surface area contributed by atoms with Crippen LogP contribution in [0.4, 0.5) is 20.6 Å². The van der Waals surface area contributed by atoms with Crippen molar-refractivity contribution in [2.45, 2.75) is 137 Å². The Labute approximate surface area is 517 Å². The van der Waals surface area contributed by atoms with Crippen molar-refractivity contribution < 1.29 is 66.4 Å². The van der Waals surface area contributed by atoms with Gasteiger partial charge in [0.2, 0.25) is 29.5 Å². The summed E-state index contributed by atoms with van der Waals surface area (Å²) in [5.41, 5.74) is 10.5. The Morgan fingerprint density at radius 3 is 2.34 bits per heavy atom. The number of carbonyl (C=O) groups is 8. The van der Waals surface area contributed by atoms with Crippen molar-refractivity contribution in [3.05, 3.63) is 134 Å². The van der Waals surface area contributed by atoms with Crippen LogP contribution in [0.1, 0.15) is 131 Å². The van der Waals surface area contributed by atoms with Gasteiger partial charge in [0.1, 0.15) is 37.7 Å². The lowest BCUT2D eigenvalue weighted by molar-refractivity contribution is -0.149. The highest BCUT2D eigenvalue weighted by Gasteiger charge is 2.48. The number of ether oxygens (including phenoxy) is 5. The average molecular weight is 1230 g/mol. The van der Waals surface area contributed by atoms with Crippen LogP contribution in [0, 0.1) is 31.5 Å².